The molecule has 0 aliphatic heterocycles. The second-order valence-electron chi connectivity index (χ2n) is 3.96. The monoisotopic (exact) mass is 178 g/mol. The van der Waals surface area contributed by atoms with Gasteiger partial charge in [-0.15, -0.1) is 0 Å². The van der Waals surface area contributed by atoms with Crippen LogP contribution in [0, 0.1) is 11.8 Å². The van der Waals surface area contributed by atoms with Crippen LogP contribution in [-0.4, -0.2) is 0 Å². The summed E-state index contributed by atoms with van der Waals surface area (Å²) < 4.78 is 0. The van der Waals surface area contributed by atoms with E-state index >= 15 is 0 Å². The molecule has 0 N–H and O–H groups in total. The summed E-state index contributed by atoms with van der Waals surface area (Å²) in [6, 6.07) is 0. The molecule has 74 valence electrons. The standard InChI is InChI=1S/C13H22/c1-12(2)10-8-6-5-7-9-11-13(3)4/h5-6,8-13H,7H2,1-4H3/b6-5+,10-8+,11-9+. The molecule has 0 atom stereocenters. The Morgan fingerprint density at radius 3 is 1.92 bits per heavy atom. The maximum Gasteiger partial charge on any atom is -0.0166 e. The molecule has 0 aliphatic carbocycles. The molecule has 0 aliphatic rings. The first-order valence-electron chi connectivity index (χ1n) is 5.13. The van der Waals surface area contributed by atoms with Crippen LogP contribution in [0.3, 0.4) is 0 Å². The summed E-state index contributed by atoms with van der Waals surface area (Å²) in [5.41, 5.74) is 0. The Bertz CT molecular complexity index is 180. The van der Waals surface area contributed by atoms with Crippen LogP contribution in [0.4, 0.5) is 0 Å². The number of allylic oxidation sites excluding steroid dienone is 6. The third kappa shape index (κ3) is 11.2. The fraction of sp³-hybridized carbons (Fsp3) is 0.538. The maximum absolute atomic E-state index is 2.23. The van der Waals surface area contributed by atoms with Crippen molar-refractivity contribution in [3.63, 3.8) is 0 Å². The van der Waals surface area contributed by atoms with E-state index < -0.39 is 0 Å². The van der Waals surface area contributed by atoms with Gasteiger partial charge in [-0.05, 0) is 18.3 Å². The average Bonchev–Trinajstić information content (AvgIpc) is 2.01. The van der Waals surface area contributed by atoms with Crippen LogP contribution in [0.15, 0.2) is 36.5 Å². The molecule has 0 heterocycles. The normalized spacial score (nSPS) is 13.4. The van der Waals surface area contributed by atoms with Crippen LogP contribution in [0.1, 0.15) is 34.1 Å². The molecule has 0 rings (SSSR count). The van der Waals surface area contributed by atoms with Crippen molar-refractivity contribution in [1.29, 1.82) is 0 Å². The lowest BCUT2D eigenvalue weighted by atomic mass is 10.2. The second kappa shape index (κ2) is 7.85. The lowest BCUT2D eigenvalue weighted by Gasteiger charge is -1.91. The van der Waals surface area contributed by atoms with Crippen molar-refractivity contribution >= 4 is 0 Å². The lowest BCUT2D eigenvalue weighted by Crippen LogP contribution is -1.76. The zero-order valence-electron chi connectivity index (χ0n) is 9.33. The van der Waals surface area contributed by atoms with E-state index in [4.69, 9.17) is 0 Å². The topological polar surface area (TPSA) is 0 Å². The molecule has 0 amide bonds. The maximum atomic E-state index is 2.23. The highest BCUT2D eigenvalue weighted by Gasteiger charge is 1.81. The Morgan fingerprint density at radius 2 is 1.38 bits per heavy atom. The number of hydrogen-bond acceptors (Lipinski definition) is 0. The van der Waals surface area contributed by atoms with Crippen molar-refractivity contribution in [2.45, 2.75) is 34.1 Å². The molecule has 0 fully saturated rings. The van der Waals surface area contributed by atoms with Crippen molar-refractivity contribution in [3.05, 3.63) is 36.5 Å². The average molecular weight is 178 g/mol. The highest BCUT2D eigenvalue weighted by atomic mass is 13.9. The fourth-order valence-corrected chi connectivity index (χ4v) is 0.873. The first-order valence-corrected chi connectivity index (χ1v) is 5.13. The molecular weight excluding hydrogens is 156 g/mol. The van der Waals surface area contributed by atoms with E-state index in [1.807, 2.05) is 0 Å². The van der Waals surface area contributed by atoms with E-state index in [1.165, 1.54) is 0 Å². The summed E-state index contributed by atoms with van der Waals surface area (Å²) in [5.74, 6) is 1.32. The molecule has 0 radical (unpaired) electrons. The largest absolute Gasteiger partial charge is 0.0857 e. The summed E-state index contributed by atoms with van der Waals surface area (Å²) in [7, 11) is 0. The van der Waals surface area contributed by atoms with E-state index in [-0.39, 0.29) is 0 Å². The van der Waals surface area contributed by atoms with Crippen molar-refractivity contribution in [2.75, 3.05) is 0 Å². The minimum absolute atomic E-state index is 0.649. The molecule has 0 aromatic heterocycles. The van der Waals surface area contributed by atoms with Gasteiger partial charge >= 0.3 is 0 Å². The smallest absolute Gasteiger partial charge is 0.0166 e. The molecule has 0 nitrogen and oxygen atoms in total. The van der Waals surface area contributed by atoms with Crippen LogP contribution >= 0.6 is 0 Å². The van der Waals surface area contributed by atoms with Gasteiger partial charge in [0.05, 0.1) is 0 Å². The number of rotatable bonds is 5. The molecule has 0 unspecified atom stereocenters. The van der Waals surface area contributed by atoms with E-state index in [0.717, 1.165) is 6.42 Å². The number of hydrogen-bond donors (Lipinski definition) is 0. The molecule has 0 aromatic carbocycles. The molecule has 0 heteroatoms. The van der Waals surface area contributed by atoms with Crippen LogP contribution in [-0.2, 0) is 0 Å². The fourth-order valence-electron chi connectivity index (χ4n) is 0.873. The summed E-state index contributed by atoms with van der Waals surface area (Å²) >= 11 is 0. The van der Waals surface area contributed by atoms with Crippen molar-refractivity contribution in [1.82, 2.24) is 0 Å². The minimum atomic E-state index is 0.649. The van der Waals surface area contributed by atoms with Gasteiger partial charge in [0.1, 0.15) is 0 Å². The Labute approximate surface area is 83.0 Å². The Hall–Kier alpha value is -0.780. The van der Waals surface area contributed by atoms with Crippen molar-refractivity contribution in [2.24, 2.45) is 11.8 Å². The first-order chi connectivity index (χ1) is 6.13. The van der Waals surface area contributed by atoms with Crippen molar-refractivity contribution < 1.29 is 0 Å². The van der Waals surface area contributed by atoms with Crippen LogP contribution in [0.5, 0.6) is 0 Å². The van der Waals surface area contributed by atoms with Crippen LogP contribution in [0.25, 0.3) is 0 Å². The van der Waals surface area contributed by atoms with E-state index in [9.17, 15) is 0 Å². The Kier molecular flexibility index (Phi) is 7.38. The quantitative estimate of drug-likeness (QED) is 0.433. The zero-order valence-corrected chi connectivity index (χ0v) is 9.33. The molecule has 0 spiro atoms. The lowest BCUT2D eigenvalue weighted by molar-refractivity contribution is 0.828. The molecule has 0 saturated carbocycles. The van der Waals surface area contributed by atoms with Crippen molar-refractivity contribution in [3.8, 4) is 0 Å². The Morgan fingerprint density at radius 1 is 0.769 bits per heavy atom. The third-order valence-electron chi connectivity index (χ3n) is 1.54. The van der Waals surface area contributed by atoms with Gasteiger partial charge in [0.25, 0.3) is 0 Å². The van der Waals surface area contributed by atoms with Gasteiger partial charge in [0, 0.05) is 0 Å². The highest BCUT2D eigenvalue weighted by Crippen LogP contribution is 1.97. The van der Waals surface area contributed by atoms with Gasteiger partial charge in [0.2, 0.25) is 0 Å². The van der Waals surface area contributed by atoms with Gasteiger partial charge in [-0.3, -0.25) is 0 Å². The minimum Gasteiger partial charge on any atom is -0.0857 e. The molecule has 13 heavy (non-hydrogen) atoms. The Balaban J connectivity index is 3.53. The van der Waals surface area contributed by atoms with E-state index in [2.05, 4.69) is 64.2 Å². The summed E-state index contributed by atoms with van der Waals surface area (Å²) in [4.78, 5) is 0. The second-order valence-corrected chi connectivity index (χ2v) is 3.96. The summed E-state index contributed by atoms with van der Waals surface area (Å²) in [5, 5.41) is 0. The zero-order chi connectivity index (χ0) is 10.1. The van der Waals surface area contributed by atoms with Crippen LogP contribution < -0.4 is 0 Å². The van der Waals surface area contributed by atoms with Gasteiger partial charge in [0.15, 0.2) is 0 Å². The molecule has 0 bridgehead atoms. The van der Waals surface area contributed by atoms with Gasteiger partial charge in [-0.2, -0.15) is 0 Å². The first kappa shape index (κ1) is 12.2. The van der Waals surface area contributed by atoms with Gasteiger partial charge < -0.3 is 0 Å². The SMILES string of the molecule is CC(C)/C=C/C=C/C/C=C/C(C)C. The third-order valence-corrected chi connectivity index (χ3v) is 1.54. The predicted molar refractivity (Wildman–Crippen MR) is 61.7 cm³/mol. The predicted octanol–water partition coefficient (Wildman–Crippen LogP) is 4.36. The van der Waals surface area contributed by atoms with Gasteiger partial charge in [-0.25, -0.2) is 0 Å². The van der Waals surface area contributed by atoms with E-state index in [1.54, 1.807) is 0 Å². The van der Waals surface area contributed by atoms with Gasteiger partial charge in [-0.1, -0.05) is 64.2 Å². The summed E-state index contributed by atoms with van der Waals surface area (Å²) in [6.07, 6.45) is 14.1. The highest BCUT2D eigenvalue weighted by molar-refractivity contribution is 5.05. The molecular formula is C13H22. The molecule has 0 aromatic rings. The molecule has 0 saturated heterocycles. The summed E-state index contributed by atoms with van der Waals surface area (Å²) in [6.45, 7) is 8.75. The van der Waals surface area contributed by atoms with Crippen LogP contribution in [0.2, 0.25) is 0 Å². The van der Waals surface area contributed by atoms with E-state index in [0.29, 0.717) is 11.8 Å².